The summed E-state index contributed by atoms with van der Waals surface area (Å²) >= 11 is 0. The lowest BCUT2D eigenvalue weighted by Crippen LogP contribution is -2.43. The molecule has 35 heavy (non-hydrogen) atoms. The number of ether oxygens (including phenoxy) is 3. The number of nitrogens with zero attached hydrogens (tertiary/aromatic N) is 2. The number of para-hydroxylation sites is 1. The van der Waals surface area contributed by atoms with Crippen molar-refractivity contribution in [3.63, 3.8) is 0 Å². The molecule has 0 saturated carbocycles. The van der Waals surface area contributed by atoms with Crippen molar-refractivity contribution in [2.75, 3.05) is 39.4 Å². The Labute approximate surface area is 204 Å². The normalized spacial score (nSPS) is 21.8. The molecule has 2 unspecified atom stereocenters. The summed E-state index contributed by atoms with van der Waals surface area (Å²) in [6, 6.07) is 13.8. The summed E-state index contributed by atoms with van der Waals surface area (Å²) in [5, 5.41) is 16.4. The van der Waals surface area contributed by atoms with E-state index < -0.39 is 12.2 Å². The van der Waals surface area contributed by atoms with Gasteiger partial charge in [0.05, 0.1) is 13.2 Å². The van der Waals surface area contributed by atoms with E-state index in [1.807, 2.05) is 24.3 Å². The predicted molar refractivity (Wildman–Crippen MR) is 128 cm³/mol. The van der Waals surface area contributed by atoms with Crippen LogP contribution in [0.4, 0.5) is 4.39 Å². The minimum atomic E-state index is -0.587. The van der Waals surface area contributed by atoms with E-state index >= 15 is 0 Å². The number of morpholine rings is 2. The van der Waals surface area contributed by atoms with Crippen molar-refractivity contribution in [1.82, 2.24) is 20.6 Å². The van der Waals surface area contributed by atoms with Gasteiger partial charge < -0.3 is 30.0 Å². The second-order valence-corrected chi connectivity index (χ2v) is 8.21. The summed E-state index contributed by atoms with van der Waals surface area (Å²) in [6.07, 6.45) is 5.46. The summed E-state index contributed by atoms with van der Waals surface area (Å²) in [5.74, 6) is -0.157. The van der Waals surface area contributed by atoms with Crippen LogP contribution in [-0.2, 0) is 9.47 Å². The molecule has 1 aromatic carbocycles. The Balaban J connectivity index is 0.000000179. The predicted octanol–water partition coefficient (Wildman–Crippen LogP) is 2.43. The van der Waals surface area contributed by atoms with E-state index in [-0.39, 0.29) is 23.8 Å². The number of rotatable bonds is 6. The zero-order chi connectivity index (χ0) is 24.3. The van der Waals surface area contributed by atoms with Gasteiger partial charge in [-0.05, 0) is 24.3 Å². The molecule has 2 aromatic heterocycles. The van der Waals surface area contributed by atoms with Crippen LogP contribution in [0.3, 0.4) is 0 Å². The van der Waals surface area contributed by atoms with Crippen LogP contribution in [0.15, 0.2) is 73.3 Å². The number of hydrogen-bond acceptors (Lipinski definition) is 8. The second-order valence-electron chi connectivity index (χ2n) is 8.21. The molecule has 2 aliphatic heterocycles. The lowest BCUT2D eigenvalue weighted by Gasteiger charge is -2.31. The summed E-state index contributed by atoms with van der Waals surface area (Å²) in [7, 11) is 0. The first-order chi connectivity index (χ1) is 17.2. The Morgan fingerprint density at radius 3 is 2.06 bits per heavy atom. The van der Waals surface area contributed by atoms with Crippen LogP contribution >= 0.6 is 0 Å². The van der Waals surface area contributed by atoms with Crippen molar-refractivity contribution in [3.05, 3.63) is 90.3 Å². The molecular formula is C26H31FN4O4. The molecule has 8 nitrogen and oxygen atoms in total. The monoisotopic (exact) mass is 482 g/mol. The number of benzene rings is 1. The van der Waals surface area contributed by atoms with Crippen LogP contribution in [0.1, 0.15) is 23.3 Å². The standard InChI is InChI=1S/C16H17FN2O2.C10H14N2O2/c17-13-5-1-2-6-14(13)21-16(12-4-3-7-18-10-12)15-11-19-8-9-20-15;13-10(8-2-1-3-11-6-8)9-7-12-4-5-14-9/h1-7,10,15-16,19H,8-9,11H2;1-3,6,9-10,12-13H,4-5,7H2/t15-,16-;/m0./s1. The average Bonchev–Trinajstić information content (AvgIpc) is 2.94. The van der Waals surface area contributed by atoms with Crippen molar-refractivity contribution in [2.45, 2.75) is 24.4 Å². The molecule has 2 aliphatic rings. The molecule has 2 fully saturated rings. The van der Waals surface area contributed by atoms with Crippen LogP contribution in [0.2, 0.25) is 0 Å². The van der Waals surface area contributed by atoms with Gasteiger partial charge in [-0.2, -0.15) is 0 Å². The molecule has 9 heteroatoms. The van der Waals surface area contributed by atoms with Gasteiger partial charge in [0.25, 0.3) is 0 Å². The number of aromatic nitrogens is 2. The zero-order valence-corrected chi connectivity index (χ0v) is 19.4. The van der Waals surface area contributed by atoms with Crippen molar-refractivity contribution < 1.29 is 23.7 Å². The van der Waals surface area contributed by atoms with E-state index in [0.717, 1.165) is 24.2 Å². The highest BCUT2D eigenvalue weighted by atomic mass is 19.1. The number of nitrogens with one attached hydrogen (secondary N) is 2. The third kappa shape index (κ3) is 7.27. The Morgan fingerprint density at radius 1 is 0.857 bits per heavy atom. The molecule has 3 N–H and O–H groups in total. The maximum atomic E-state index is 13.8. The van der Waals surface area contributed by atoms with Gasteiger partial charge in [0.2, 0.25) is 0 Å². The zero-order valence-electron chi connectivity index (χ0n) is 19.4. The van der Waals surface area contributed by atoms with Gasteiger partial charge in [-0.1, -0.05) is 24.3 Å². The number of halogens is 1. The molecule has 0 radical (unpaired) electrons. The summed E-state index contributed by atoms with van der Waals surface area (Å²) < 4.78 is 30.9. The van der Waals surface area contributed by atoms with E-state index in [2.05, 4.69) is 20.6 Å². The van der Waals surface area contributed by atoms with Crippen molar-refractivity contribution >= 4 is 0 Å². The number of hydrogen-bond donors (Lipinski definition) is 3. The Morgan fingerprint density at radius 2 is 1.49 bits per heavy atom. The Bertz CT molecular complexity index is 1000. The Hall–Kier alpha value is -2.95. The quantitative estimate of drug-likeness (QED) is 0.493. The first-order valence-electron chi connectivity index (χ1n) is 11.8. The fourth-order valence-electron chi connectivity index (χ4n) is 3.91. The lowest BCUT2D eigenvalue weighted by atomic mass is 10.1. The van der Waals surface area contributed by atoms with Crippen molar-refractivity contribution in [1.29, 1.82) is 0 Å². The maximum absolute atomic E-state index is 13.8. The average molecular weight is 483 g/mol. The third-order valence-electron chi connectivity index (χ3n) is 5.73. The molecule has 0 spiro atoms. The van der Waals surface area contributed by atoms with E-state index in [4.69, 9.17) is 14.2 Å². The molecule has 186 valence electrons. The third-order valence-corrected chi connectivity index (χ3v) is 5.73. The first kappa shape index (κ1) is 25.2. The van der Waals surface area contributed by atoms with Gasteiger partial charge in [-0.15, -0.1) is 0 Å². The smallest absolute Gasteiger partial charge is 0.165 e. The molecular weight excluding hydrogens is 451 g/mol. The first-order valence-corrected chi connectivity index (χ1v) is 11.8. The maximum Gasteiger partial charge on any atom is 0.165 e. The summed E-state index contributed by atoms with van der Waals surface area (Å²) in [4.78, 5) is 8.08. The summed E-state index contributed by atoms with van der Waals surface area (Å²) in [5.41, 5.74) is 1.68. The molecule has 4 atom stereocenters. The topological polar surface area (TPSA) is 97.8 Å². The van der Waals surface area contributed by atoms with Gasteiger partial charge in [0, 0.05) is 62.1 Å². The highest BCUT2D eigenvalue weighted by Crippen LogP contribution is 2.28. The molecule has 3 aromatic rings. The molecule has 0 amide bonds. The van der Waals surface area contributed by atoms with Crippen LogP contribution in [-0.4, -0.2) is 66.7 Å². The fourth-order valence-corrected chi connectivity index (χ4v) is 3.91. The fraction of sp³-hybridized carbons (Fsp3) is 0.385. The van der Waals surface area contributed by atoms with E-state index in [1.54, 1.807) is 43.0 Å². The highest BCUT2D eigenvalue weighted by molar-refractivity contribution is 5.26. The van der Waals surface area contributed by atoms with E-state index in [9.17, 15) is 9.50 Å². The second kappa shape index (κ2) is 13.2. The summed E-state index contributed by atoms with van der Waals surface area (Å²) in [6.45, 7) is 4.29. The van der Waals surface area contributed by atoms with Gasteiger partial charge in [-0.3, -0.25) is 9.97 Å². The largest absolute Gasteiger partial charge is 0.480 e. The number of aliphatic hydroxyl groups excluding tert-OH is 1. The van der Waals surface area contributed by atoms with Crippen LogP contribution in [0.25, 0.3) is 0 Å². The van der Waals surface area contributed by atoms with Gasteiger partial charge in [0.15, 0.2) is 17.7 Å². The van der Waals surface area contributed by atoms with Gasteiger partial charge >= 0.3 is 0 Å². The van der Waals surface area contributed by atoms with E-state index in [1.165, 1.54) is 6.07 Å². The molecule has 4 heterocycles. The number of aliphatic hydroxyl groups is 1. The Kier molecular flexibility index (Phi) is 9.50. The van der Waals surface area contributed by atoms with Crippen molar-refractivity contribution in [3.8, 4) is 5.75 Å². The highest BCUT2D eigenvalue weighted by Gasteiger charge is 2.29. The van der Waals surface area contributed by atoms with Crippen molar-refractivity contribution in [2.24, 2.45) is 0 Å². The molecule has 5 rings (SSSR count). The minimum Gasteiger partial charge on any atom is -0.480 e. The molecule has 0 aliphatic carbocycles. The van der Waals surface area contributed by atoms with Crippen LogP contribution in [0.5, 0.6) is 5.75 Å². The molecule has 0 bridgehead atoms. The lowest BCUT2D eigenvalue weighted by molar-refractivity contribution is -0.0537. The van der Waals surface area contributed by atoms with Gasteiger partial charge in [-0.25, -0.2) is 4.39 Å². The number of pyridine rings is 2. The van der Waals surface area contributed by atoms with Crippen LogP contribution < -0.4 is 15.4 Å². The van der Waals surface area contributed by atoms with E-state index in [0.29, 0.717) is 26.3 Å². The minimum absolute atomic E-state index is 0.159. The van der Waals surface area contributed by atoms with Crippen LogP contribution in [0, 0.1) is 5.82 Å². The van der Waals surface area contributed by atoms with Gasteiger partial charge in [0.1, 0.15) is 18.3 Å². The SMILES string of the molecule is Fc1ccccc1O[C@@H](c1cccnc1)[C@@H]1CNCCO1.OC(c1cccnc1)C1CNCCO1. The molecule has 2 saturated heterocycles.